The van der Waals surface area contributed by atoms with E-state index in [-0.39, 0.29) is 5.41 Å². The average Bonchev–Trinajstić information content (AvgIpc) is 3.85. The smallest absolute Gasteiger partial charge is 0.143 e. The lowest BCUT2D eigenvalue weighted by molar-refractivity contribution is 0.615. The lowest BCUT2D eigenvalue weighted by atomic mass is 9.82. The molecular formula is C49H35NO2. The van der Waals surface area contributed by atoms with E-state index in [2.05, 4.69) is 159 Å². The fourth-order valence-electron chi connectivity index (χ4n) is 8.38. The zero-order valence-corrected chi connectivity index (χ0v) is 29.1. The van der Waals surface area contributed by atoms with Gasteiger partial charge in [-0.05, 0) is 70.1 Å². The van der Waals surface area contributed by atoms with Gasteiger partial charge in [-0.1, -0.05) is 136 Å². The molecule has 1 aliphatic rings. The normalized spacial score (nSPS) is 13.5. The van der Waals surface area contributed by atoms with E-state index in [9.17, 15) is 0 Å². The maximum Gasteiger partial charge on any atom is 0.143 e. The van der Waals surface area contributed by atoms with Gasteiger partial charge in [0.2, 0.25) is 0 Å². The number of hydrogen-bond acceptors (Lipinski definition) is 3. The van der Waals surface area contributed by atoms with E-state index >= 15 is 0 Å². The minimum absolute atomic E-state index is 0.158. The summed E-state index contributed by atoms with van der Waals surface area (Å²) in [6.45, 7) is 9.03. The number of fused-ring (bicyclic) bond motifs is 9. The van der Waals surface area contributed by atoms with Crippen LogP contribution in [0.1, 0.15) is 30.5 Å². The van der Waals surface area contributed by atoms with E-state index in [1.54, 1.807) is 0 Å². The van der Waals surface area contributed by atoms with Gasteiger partial charge in [0.05, 0.1) is 12.0 Å². The van der Waals surface area contributed by atoms with Crippen LogP contribution in [0.5, 0.6) is 0 Å². The van der Waals surface area contributed by atoms with Crippen molar-refractivity contribution >= 4 is 61.1 Å². The number of benzene rings is 7. The van der Waals surface area contributed by atoms with Crippen LogP contribution in [0, 0.1) is 0 Å². The van der Waals surface area contributed by atoms with Crippen LogP contribution in [0.25, 0.3) is 72.0 Å². The third-order valence-electron chi connectivity index (χ3n) is 10.9. The van der Waals surface area contributed by atoms with Gasteiger partial charge >= 0.3 is 0 Å². The average molecular weight is 670 g/mol. The van der Waals surface area contributed by atoms with Crippen LogP contribution in [0.2, 0.25) is 0 Å². The van der Waals surface area contributed by atoms with Crippen LogP contribution in [0.4, 0.5) is 11.4 Å². The molecule has 0 saturated carbocycles. The largest absolute Gasteiger partial charge is 0.464 e. The van der Waals surface area contributed by atoms with Crippen LogP contribution in [-0.4, -0.2) is 0 Å². The van der Waals surface area contributed by atoms with Gasteiger partial charge in [0.15, 0.2) is 0 Å². The fraction of sp³-hybridized carbons (Fsp3) is 0.0612. The second-order valence-corrected chi connectivity index (χ2v) is 14.2. The van der Waals surface area contributed by atoms with Crippen molar-refractivity contribution in [2.24, 2.45) is 0 Å². The van der Waals surface area contributed by atoms with Crippen molar-refractivity contribution in [1.29, 1.82) is 0 Å². The van der Waals surface area contributed by atoms with Crippen molar-refractivity contribution < 1.29 is 8.83 Å². The molecule has 0 bridgehead atoms. The Bertz CT molecular complexity index is 2920. The predicted octanol–water partition coefficient (Wildman–Crippen LogP) is 13.8. The summed E-state index contributed by atoms with van der Waals surface area (Å²) < 4.78 is 12.9. The maximum atomic E-state index is 6.87. The summed E-state index contributed by atoms with van der Waals surface area (Å²) in [6, 6.07) is 51.7. The summed E-state index contributed by atoms with van der Waals surface area (Å²) in [6.07, 6.45) is 5.95. The first-order chi connectivity index (χ1) is 25.5. The molecule has 0 fully saturated rings. The molecule has 9 aromatic rings. The highest BCUT2D eigenvalue weighted by Gasteiger charge is 2.36. The number of nitrogens with zero attached hydrogens (tertiary/aromatic N) is 1. The third kappa shape index (κ3) is 4.46. The van der Waals surface area contributed by atoms with E-state index in [4.69, 9.17) is 8.83 Å². The van der Waals surface area contributed by atoms with E-state index in [0.29, 0.717) is 0 Å². The van der Waals surface area contributed by atoms with Crippen LogP contribution in [0.3, 0.4) is 0 Å². The molecule has 3 nitrogen and oxygen atoms in total. The lowest BCUT2D eigenvalue weighted by Crippen LogP contribution is -2.19. The number of anilines is 2. The highest BCUT2D eigenvalue weighted by molar-refractivity contribution is 6.17. The van der Waals surface area contributed by atoms with Gasteiger partial charge in [-0.2, -0.15) is 0 Å². The van der Waals surface area contributed by atoms with Gasteiger partial charge < -0.3 is 13.7 Å². The predicted molar refractivity (Wildman–Crippen MR) is 217 cm³/mol. The minimum Gasteiger partial charge on any atom is -0.464 e. The van der Waals surface area contributed by atoms with Gasteiger partial charge in [0.25, 0.3) is 0 Å². The molecule has 2 aromatic heterocycles. The van der Waals surface area contributed by atoms with Crippen LogP contribution in [-0.2, 0) is 5.41 Å². The third-order valence-corrected chi connectivity index (χ3v) is 10.9. The standard InChI is InChI=1S/C49H35NO2/c1-4-33(28-32-30-51-46-23-12-9-15-35(32)46)50(34-25-27-38-37-17-7-10-21-43(37)49(2,3)44(38)29-34)45-22-11-8-18-39(45)40-19-13-20-41-42-26-24-31-14-5-6-16-36(31)47(42)52-48(40)41/h4-30H,1H2,2-3H3/b33-28+. The Morgan fingerprint density at radius 1 is 0.596 bits per heavy atom. The summed E-state index contributed by atoms with van der Waals surface area (Å²) in [4.78, 5) is 2.33. The van der Waals surface area contributed by atoms with Crippen molar-refractivity contribution in [3.63, 3.8) is 0 Å². The van der Waals surface area contributed by atoms with Crippen molar-refractivity contribution in [1.82, 2.24) is 0 Å². The zero-order valence-electron chi connectivity index (χ0n) is 29.1. The highest BCUT2D eigenvalue weighted by Crippen LogP contribution is 2.51. The molecule has 7 aromatic carbocycles. The highest BCUT2D eigenvalue weighted by atomic mass is 16.3. The molecule has 0 N–H and O–H groups in total. The first-order valence-electron chi connectivity index (χ1n) is 17.8. The fourth-order valence-corrected chi connectivity index (χ4v) is 8.38. The van der Waals surface area contributed by atoms with Crippen LogP contribution < -0.4 is 4.90 Å². The Balaban J connectivity index is 1.22. The molecule has 0 radical (unpaired) electrons. The van der Waals surface area contributed by atoms with E-state index < -0.39 is 0 Å². The van der Waals surface area contributed by atoms with Crippen LogP contribution >= 0.6 is 0 Å². The molecule has 0 amide bonds. The molecule has 1 aliphatic carbocycles. The number of allylic oxidation sites excluding steroid dienone is 1. The molecule has 248 valence electrons. The monoisotopic (exact) mass is 669 g/mol. The van der Waals surface area contributed by atoms with Crippen molar-refractivity contribution in [3.05, 3.63) is 187 Å². The first kappa shape index (κ1) is 30.3. The Labute approximate surface area is 302 Å². The Morgan fingerprint density at radius 3 is 2.17 bits per heavy atom. The molecule has 0 spiro atoms. The van der Waals surface area contributed by atoms with E-state index in [1.165, 1.54) is 22.3 Å². The molecule has 0 unspecified atom stereocenters. The summed E-state index contributed by atoms with van der Waals surface area (Å²) in [5.74, 6) is 0. The van der Waals surface area contributed by atoms with E-state index in [0.717, 1.165) is 77.4 Å². The molecule has 10 rings (SSSR count). The topological polar surface area (TPSA) is 29.5 Å². The molecule has 2 heterocycles. The number of para-hydroxylation sites is 3. The van der Waals surface area contributed by atoms with Gasteiger partial charge in [-0.3, -0.25) is 0 Å². The Kier molecular flexibility index (Phi) is 6.68. The molecular weight excluding hydrogens is 635 g/mol. The van der Waals surface area contributed by atoms with Gasteiger partial charge in [0, 0.05) is 55.0 Å². The number of hydrogen-bond donors (Lipinski definition) is 0. The lowest BCUT2D eigenvalue weighted by Gasteiger charge is -2.30. The van der Waals surface area contributed by atoms with Crippen LogP contribution in [0.15, 0.2) is 179 Å². The number of furan rings is 2. The maximum absolute atomic E-state index is 6.87. The summed E-state index contributed by atoms with van der Waals surface area (Å²) in [7, 11) is 0. The first-order valence-corrected chi connectivity index (χ1v) is 17.8. The zero-order chi connectivity index (χ0) is 35.0. The summed E-state index contributed by atoms with van der Waals surface area (Å²) >= 11 is 0. The van der Waals surface area contributed by atoms with Crippen molar-refractivity contribution in [2.75, 3.05) is 4.90 Å². The van der Waals surface area contributed by atoms with Gasteiger partial charge in [0.1, 0.15) is 16.7 Å². The summed E-state index contributed by atoms with van der Waals surface area (Å²) in [5.41, 5.74) is 13.8. The summed E-state index contributed by atoms with van der Waals surface area (Å²) in [5, 5.41) is 5.55. The second kappa shape index (κ2) is 11.5. The van der Waals surface area contributed by atoms with Crippen molar-refractivity contribution in [2.45, 2.75) is 19.3 Å². The second-order valence-electron chi connectivity index (χ2n) is 14.2. The number of rotatable bonds is 6. The molecule has 0 aliphatic heterocycles. The Morgan fingerprint density at radius 2 is 1.29 bits per heavy atom. The van der Waals surface area contributed by atoms with Gasteiger partial charge in [-0.25, -0.2) is 0 Å². The quantitative estimate of drug-likeness (QED) is 0.165. The Hall–Kier alpha value is -6.58. The molecule has 52 heavy (non-hydrogen) atoms. The van der Waals surface area contributed by atoms with Gasteiger partial charge in [-0.15, -0.1) is 0 Å². The molecule has 3 heteroatoms. The van der Waals surface area contributed by atoms with Crippen molar-refractivity contribution in [3.8, 4) is 22.3 Å². The molecule has 0 atom stereocenters. The minimum atomic E-state index is -0.158. The SMILES string of the molecule is C=C/C(=C\c1coc2ccccc12)N(c1ccc2c(c1)C(C)(C)c1ccccc1-2)c1ccccc1-c1cccc2c1oc1c3ccccc3ccc21. The van der Waals surface area contributed by atoms with E-state index in [1.807, 2.05) is 30.5 Å². The molecule has 0 saturated heterocycles.